The van der Waals surface area contributed by atoms with E-state index in [2.05, 4.69) is 20.3 Å². The first-order valence-electron chi connectivity index (χ1n) is 10.9. The third kappa shape index (κ3) is 3.48. The minimum absolute atomic E-state index is 0.0117. The number of aromatic nitrogens is 4. The number of halogens is 1. The molecule has 4 N–H and O–H groups in total. The fraction of sp³-hybridized carbons (Fsp3) is 0.160. The highest BCUT2D eigenvalue weighted by Gasteiger charge is 2.23. The van der Waals surface area contributed by atoms with Gasteiger partial charge in [-0.15, -0.1) is 0 Å². The first-order valence-corrected chi connectivity index (χ1v) is 11.3. The number of aliphatic hydroxyl groups is 1. The lowest BCUT2D eigenvalue weighted by atomic mass is 10.1. The van der Waals surface area contributed by atoms with Crippen molar-refractivity contribution in [1.29, 1.82) is 0 Å². The van der Waals surface area contributed by atoms with Gasteiger partial charge < -0.3 is 25.1 Å². The second-order valence-corrected chi connectivity index (χ2v) is 8.89. The van der Waals surface area contributed by atoms with Gasteiger partial charge in [0.05, 0.1) is 17.5 Å². The molecule has 3 aromatic heterocycles. The highest BCUT2D eigenvalue weighted by atomic mass is 35.5. The lowest BCUT2D eigenvalue weighted by molar-refractivity contribution is 0.211. The highest BCUT2D eigenvalue weighted by Crippen LogP contribution is 2.37. The van der Waals surface area contributed by atoms with E-state index in [9.17, 15) is 5.11 Å². The van der Waals surface area contributed by atoms with Crippen LogP contribution in [-0.4, -0.2) is 30.7 Å². The van der Waals surface area contributed by atoms with Crippen molar-refractivity contribution in [2.24, 2.45) is 0 Å². The maximum absolute atomic E-state index is 9.95. The Kier molecular flexibility index (Phi) is 4.79. The van der Waals surface area contributed by atoms with Crippen LogP contribution in [0.4, 0.5) is 17.5 Å². The van der Waals surface area contributed by atoms with Crippen LogP contribution < -0.4 is 11.1 Å². The van der Waals surface area contributed by atoms with E-state index in [4.69, 9.17) is 21.8 Å². The second-order valence-electron chi connectivity index (χ2n) is 8.46. The van der Waals surface area contributed by atoms with E-state index in [1.807, 2.05) is 60.2 Å². The van der Waals surface area contributed by atoms with Crippen LogP contribution in [0.2, 0.25) is 5.02 Å². The van der Waals surface area contributed by atoms with Crippen molar-refractivity contribution >= 4 is 51.3 Å². The zero-order chi connectivity index (χ0) is 23.4. The number of fused-ring (bicyclic) bond motifs is 2. The van der Waals surface area contributed by atoms with E-state index in [0.29, 0.717) is 34.4 Å². The third-order valence-corrected chi connectivity index (χ3v) is 6.34. The molecule has 3 heterocycles. The summed E-state index contributed by atoms with van der Waals surface area (Å²) in [5.41, 5.74) is 12.1. The van der Waals surface area contributed by atoms with Crippen LogP contribution in [0.5, 0.6) is 0 Å². The molecule has 2 atom stereocenters. The average Bonchev–Trinajstić information content (AvgIpc) is 3.51. The van der Waals surface area contributed by atoms with Crippen molar-refractivity contribution in [1.82, 2.24) is 19.5 Å². The quantitative estimate of drug-likeness (QED) is 0.300. The van der Waals surface area contributed by atoms with Crippen molar-refractivity contribution < 1.29 is 9.52 Å². The predicted molar refractivity (Wildman–Crippen MR) is 133 cm³/mol. The van der Waals surface area contributed by atoms with Gasteiger partial charge in [-0.1, -0.05) is 35.9 Å². The lowest BCUT2D eigenvalue weighted by Crippen LogP contribution is -2.08. The van der Waals surface area contributed by atoms with Gasteiger partial charge in [0, 0.05) is 28.9 Å². The van der Waals surface area contributed by atoms with Gasteiger partial charge in [-0.3, -0.25) is 0 Å². The van der Waals surface area contributed by atoms with Gasteiger partial charge in [0.2, 0.25) is 0 Å². The summed E-state index contributed by atoms with van der Waals surface area (Å²) in [6, 6.07) is 11.9. The summed E-state index contributed by atoms with van der Waals surface area (Å²) >= 11 is 6.13. The predicted octanol–water partition coefficient (Wildman–Crippen LogP) is 5.39. The molecule has 170 valence electrons. The first-order chi connectivity index (χ1) is 16.5. The summed E-state index contributed by atoms with van der Waals surface area (Å²) in [6.45, 7) is 1.94. The van der Waals surface area contributed by atoms with Crippen molar-refractivity contribution in [2.75, 3.05) is 11.1 Å². The average molecular weight is 473 g/mol. The Hall–Kier alpha value is -3.88. The molecule has 2 unspecified atom stereocenters. The maximum atomic E-state index is 9.95. The fourth-order valence-electron chi connectivity index (χ4n) is 4.51. The van der Waals surface area contributed by atoms with Gasteiger partial charge in [0.25, 0.3) is 6.01 Å². The Morgan fingerprint density at radius 1 is 1.18 bits per heavy atom. The number of nitrogens with zero attached hydrogens (tertiary/aromatic N) is 4. The van der Waals surface area contributed by atoms with E-state index in [0.717, 1.165) is 33.4 Å². The molecule has 0 aliphatic heterocycles. The molecule has 0 spiro atoms. The van der Waals surface area contributed by atoms with Gasteiger partial charge in [0.1, 0.15) is 23.3 Å². The van der Waals surface area contributed by atoms with Gasteiger partial charge in [-0.05, 0) is 42.3 Å². The molecule has 1 aliphatic carbocycles. The van der Waals surface area contributed by atoms with E-state index < -0.39 is 6.10 Å². The van der Waals surface area contributed by atoms with Gasteiger partial charge in [-0.2, -0.15) is 4.98 Å². The summed E-state index contributed by atoms with van der Waals surface area (Å²) in [6.07, 6.45) is 7.44. The SMILES string of the molecule is Cc1cc(Cl)cc2nc(Nc3ccc(-c4cn(C5C=CC(O)C5)c5ncnc(N)c45)cc3)oc12. The summed E-state index contributed by atoms with van der Waals surface area (Å²) < 4.78 is 7.92. The van der Waals surface area contributed by atoms with Crippen LogP contribution in [0.3, 0.4) is 0 Å². The molecule has 0 fully saturated rings. The fourth-order valence-corrected chi connectivity index (χ4v) is 4.78. The molecule has 2 aromatic carbocycles. The molecule has 0 saturated heterocycles. The zero-order valence-corrected chi connectivity index (χ0v) is 19.0. The van der Waals surface area contributed by atoms with E-state index in [1.54, 1.807) is 6.07 Å². The van der Waals surface area contributed by atoms with Crippen LogP contribution in [0.25, 0.3) is 33.3 Å². The molecule has 0 radical (unpaired) electrons. The highest BCUT2D eigenvalue weighted by molar-refractivity contribution is 6.31. The lowest BCUT2D eigenvalue weighted by Gasteiger charge is -2.12. The number of benzene rings is 2. The van der Waals surface area contributed by atoms with Gasteiger partial charge in [-0.25, -0.2) is 9.97 Å². The largest absolute Gasteiger partial charge is 0.423 e. The van der Waals surface area contributed by atoms with Crippen LogP contribution >= 0.6 is 11.6 Å². The molecular formula is C25H21ClN6O2. The van der Waals surface area contributed by atoms with Crippen LogP contribution in [0, 0.1) is 6.92 Å². The minimum atomic E-state index is -0.456. The normalized spacial score (nSPS) is 17.7. The maximum Gasteiger partial charge on any atom is 0.300 e. The number of hydrogen-bond donors (Lipinski definition) is 3. The molecule has 1 aliphatic rings. The van der Waals surface area contributed by atoms with E-state index in [1.165, 1.54) is 6.33 Å². The van der Waals surface area contributed by atoms with Crippen molar-refractivity contribution in [2.45, 2.75) is 25.5 Å². The van der Waals surface area contributed by atoms with Crippen molar-refractivity contribution in [3.05, 3.63) is 71.7 Å². The van der Waals surface area contributed by atoms with Crippen molar-refractivity contribution in [3.8, 4) is 11.1 Å². The number of allylic oxidation sites excluding steroid dienone is 1. The Morgan fingerprint density at radius 2 is 2.00 bits per heavy atom. The molecule has 0 amide bonds. The number of aryl methyl sites for hydroxylation is 1. The third-order valence-electron chi connectivity index (χ3n) is 6.12. The molecule has 0 saturated carbocycles. The topological polar surface area (TPSA) is 115 Å². The number of oxazole rings is 1. The molecule has 9 heteroatoms. The molecule has 5 aromatic rings. The van der Waals surface area contributed by atoms with Gasteiger partial charge in [0.15, 0.2) is 5.58 Å². The summed E-state index contributed by atoms with van der Waals surface area (Å²) in [4.78, 5) is 13.2. The molecule has 0 bridgehead atoms. The van der Waals surface area contributed by atoms with Crippen LogP contribution in [0.15, 0.2) is 65.5 Å². The smallest absolute Gasteiger partial charge is 0.300 e. The number of nitrogen functional groups attached to an aromatic ring is 1. The Morgan fingerprint density at radius 3 is 2.76 bits per heavy atom. The molecule has 6 rings (SSSR count). The molecular weight excluding hydrogens is 452 g/mol. The summed E-state index contributed by atoms with van der Waals surface area (Å²) in [5, 5.41) is 14.6. The van der Waals surface area contributed by atoms with Crippen LogP contribution in [0.1, 0.15) is 18.0 Å². The Bertz CT molecular complexity index is 1570. The van der Waals surface area contributed by atoms with E-state index >= 15 is 0 Å². The Balaban J connectivity index is 1.34. The summed E-state index contributed by atoms with van der Waals surface area (Å²) in [7, 11) is 0. The molecule has 34 heavy (non-hydrogen) atoms. The number of nitrogens with one attached hydrogen (secondary N) is 1. The van der Waals surface area contributed by atoms with Crippen LogP contribution in [-0.2, 0) is 0 Å². The Labute approximate surface area is 199 Å². The number of hydrogen-bond acceptors (Lipinski definition) is 7. The number of nitrogens with two attached hydrogens (primary N) is 1. The molecule has 8 nitrogen and oxygen atoms in total. The minimum Gasteiger partial charge on any atom is -0.423 e. The number of rotatable bonds is 4. The van der Waals surface area contributed by atoms with Gasteiger partial charge >= 0.3 is 0 Å². The van der Waals surface area contributed by atoms with E-state index in [-0.39, 0.29) is 6.04 Å². The monoisotopic (exact) mass is 472 g/mol. The first kappa shape index (κ1) is 20.7. The number of anilines is 3. The van der Waals surface area contributed by atoms with Crippen molar-refractivity contribution in [3.63, 3.8) is 0 Å². The number of aliphatic hydroxyl groups excluding tert-OH is 1. The standard InChI is InChI=1S/C25H21ClN6O2/c1-13-8-15(26)9-20-22(13)34-25(31-20)30-16-4-2-14(3-5-16)19-11-32(17-6-7-18(33)10-17)24-21(19)23(27)28-12-29-24/h2-9,11-12,17-18,33H,10H2,1H3,(H,30,31)(H2,27,28,29). The zero-order valence-electron chi connectivity index (χ0n) is 18.2. The summed E-state index contributed by atoms with van der Waals surface area (Å²) in [5.74, 6) is 0.420. The second kappa shape index (κ2) is 7.86.